The number of para-hydroxylation sites is 2. The number of carbonyl (C=O) groups is 1. The molecular formula is C15H13N3O3. The first-order chi connectivity index (χ1) is 10.2. The summed E-state index contributed by atoms with van der Waals surface area (Å²) >= 11 is 0. The van der Waals surface area contributed by atoms with Crippen molar-refractivity contribution in [3.8, 4) is 11.4 Å². The van der Waals surface area contributed by atoms with E-state index >= 15 is 0 Å². The van der Waals surface area contributed by atoms with Gasteiger partial charge < -0.3 is 14.9 Å². The molecule has 0 aliphatic carbocycles. The number of nitrogens with two attached hydrogens (primary N) is 1. The van der Waals surface area contributed by atoms with E-state index < -0.39 is 0 Å². The third-order valence-electron chi connectivity index (χ3n) is 3.11. The lowest BCUT2D eigenvalue weighted by molar-refractivity contribution is 0.101. The Labute approximate surface area is 120 Å². The first kappa shape index (κ1) is 13.0. The Balaban J connectivity index is 2.06. The Hall–Kier alpha value is -3.02. The third kappa shape index (κ3) is 2.16. The maximum atomic E-state index is 12.3. The van der Waals surface area contributed by atoms with Crippen LogP contribution in [-0.2, 0) is 0 Å². The normalized spacial score (nSPS) is 10.5. The van der Waals surface area contributed by atoms with Gasteiger partial charge in [0, 0.05) is 0 Å². The molecule has 6 nitrogen and oxygen atoms in total. The number of ether oxygens (including phenoxy) is 1. The summed E-state index contributed by atoms with van der Waals surface area (Å²) in [4.78, 5) is 12.3. The van der Waals surface area contributed by atoms with Crippen molar-refractivity contribution < 1.29 is 13.9 Å². The smallest absolute Gasteiger partial charge is 0.233 e. The Bertz CT molecular complexity index is 775. The van der Waals surface area contributed by atoms with Crippen molar-refractivity contribution in [2.45, 2.75) is 0 Å². The predicted octanol–water partition coefficient (Wildman–Crippen LogP) is 2.29. The summed E-state index contributed by atoms with van der Waals surface area (Å²) in [6.45, 7) is 0. The second-order valence-corrected chi connectivity index (χ2v) is 4.33. The van der Waals surface area contributed by atoms with Gasteiger partial charge in [-0.1, -0.05) is 12.1 Å². The van der Waals surface area contributed by atoms with Crippen LogP contribution in [0.4, 0.5) is 5.82 Å². The Kier molecular flexibility index (Phi) is 3.19. The van der Waals surface area contributed by atoms with Crippen LogP contribution in [0, 0.1) is 0 Å². The fourth-order valence-electron chi connectivity index (χ4n) is 2.07. The monoisotopic (exact) mass is 283 g/mol. The fraction of sp³-hybridized carbons (Fsp3) is 0.0667. The van der Waals surface area contributed by atoms with Crippen molar-refractivity contribution >= 4 is 11.6 Å². The molecule has 2 aromatic heterocycles. The average Bonchev–Trinajstić information content (AvgIpc) is 3.16. The minimum atomic E-state index is -0.307. The van der Waals surface area contributed by atoms with Crippen LogP contribution >= 0.6 is 0 Å². The minimum Gasteiger partial charge on any atom is -0.494 e. The van der Waals surface area contributed by atoms with E-state index in [9.17, 15) is 4.79 Å². The number of rotatable bonds is 4. The van der Waals surface area contributed by atoms with Gasteiger partial charge in [0.15, 0.2) is 5.76 Å². The molecule has 0 radical (unpaired) electrons. The topological polar surface area (TPSA) is 83.3 Å². The van der Waals surface area contributed by atoms with Crippen molar-refractivity contribution in [3.05, 3.63) is 60.2 Å². The van der Waals surface area contributed by atoms with E-state index in [1.54, 1.807) is 25.3 Å². The zero-order valence-corrected chi connectivity index (χ0v) is 11.3. The molecular weight excluding hydrogens is 270 g/mol. The van der Waals surface area contributed by atoms with E-state index in [4.69, 9.17) is 14.9 Å². The highest BCUT2D eigenvalue weighted by atomic mass is 16.5. The standard InChI is InChI=1S/C15H13N3O3/c1-20-12-6-3-2-5-11(12)18-15(16)10(9-17-18)14(19)13-7-4-8-21-13/h2-9H,16H2,1H3. The summed E-state index contributed by atoms with van der Waals surface area (Å²) in [7, 11) is 1.56. The molecule has 0 amide bonds. The molecule has 2 heterocycles. The lowest BCUT2D eigenvalue weighted by Crippen LogP contribution is -2.07. The number of ketones is 1. The Morgan fingerprint density at radius 3 is 2.81 bits per heavy atom. The molecule has 3 rings (SSSR count). The van der Waals surface area contributed by atoms with E-state index in [1.807, 2.05) is 18.2 Å². The molecule has 0 fully saturated rings. The van der Waals surface area contributed by atoms with Crippen LogP contribution in [0.3, 0.4) is 0 Å². The van der Waals surface area contributed by atoms with Gasteiger partial charge in [-0.05, 0) is 24.3 Å². The number of methoxy groups -OCH3 is 1. The van der Waals surface area contributed by atoms with E-state index in [-0.39, 0.29) is 22.9 Å². The molecule has 0 saturated heterocycles. The van der Waals surface area contributed by atoms with Gasteiger partial charge in [0.1, 0.15) is 17.3 Å². The van der Waals surface area contributed by atoms with Crippen LogP contribution in [0.25, 0.3) is 5.69 Å². The zero-order chi connectivity index (χ0) is 14.8. The van der Waals surface area contributed by atoms with Gasteiger partial charge in [0.2, 0.25) is 5.78 Å². The van der Waals surface area contributed by atoms with Crippen molar-refractivity contribution in [1.29, 1.82) is 0 Å². The SMILES string of the molecule is COc1ccccc1-n1ncc(C(=O)c2ccco2)c1N. The number of nitrogen functional groups attached to an aromatic ring is 1. The number of furan rings is 1. The number of benzene rings is 1. The molecule has 0 aliphatic heterocycles. The quantitative estimate of drug-likeness (QED) is 0.743. The van der Waals surface area contributed by atoms with Crippen molar-refractivity contribution in [2.75, 3.05) is 12.8 Å². The number of carbonyl (C=O) groups excluding carboxylic acids is 1. The van der Waals surface area contributed by atoms with Crippen molar-refractivity contribution in [2.24, 2.45) is 0 Å². The number of anilines is 1. The van der Waals surface area contributed by atoms with Crippen molar-refractivity contribution in [3.63, 3.8) is 0 Å². The number of hydrogen-bond donors (Lipinski definition) is 1. The summed E-state index contributed by atoms with van der Waals surface area (Å²) in [5.41, 5.74) is 7.00. The summed E-state index contributed by atoms with van der Waals surface area (Å²) in [5, 5.41) is 4.17. The molecule has 0 unspecified atom stereocenters. The molecule has 2 N–H and O–H groups in total. The molecule has 3 aromatic rings. The van der Waals surface area contributed by atoms with E-state index in [2.05, 4.69) is 5.10 Å². The number of nitrogens with zero attached hydrogens (tertiary/aromatic N) is 2. The molecule has 6 heteroatoms. The first-order valence-corrected chi connectivity index (χ1v) is 6.27. The van der Waals surface area contributed by atoms with Gasteiger partial charge in [-0.2, -0.15) is 5.10 Å². The van der Waals surface area contributed by atoms with Crippen LogP contribution in [0.1, 0.15) is 16.1 Å². The third-order valence-corrected chi connectivity index (χ3v) is 3.11. The molecule has 0 aliphatic rings. The molecule has 1 aromatic carbocycles. The second kappa shape index (κ2) is 5.16. The predicted molar refractivity (Wildman–Crippen MR) is 76.7 cm³/mol. The summed E-state index contributed by atoms with van der Waals surface area (Å²) in [5.74, 6) is 0.769. The highest BCUT2D eigenvalue weighted by molar-refractivity contribution is 6.10. The molecule has 21 heavy (non-hydrogen) atoms. The molecule has 0 atom stereocenters. The van der Waals surface area contributed by atoms with Crippen LogP contribution < -0.4 is 10.5 Å². The van der Waals surface area contributed by atoms with E-state index in [1.165, 1.54) is 17.1 Å². The maximum Gasteiger partial charge on any atom is 0.233 e. The van der Waals surface area contributed by atoms with Crippen LogP contribution in [-0.4, -0.2) is 22.7 Å². The number of aromatic nitrogens is 2. The van der Waals surface area contributed by atoms with E-state index in [0.717, 1.165) is 0 Å². The summed E-state index contributed by atoms with van der Waals surface area (Å²) in [6, 6.07) is 10.5. The summed E-state index contributed by atoms with van der Waals surface area (Å²) < 4.78 is 11.8. The van der Waals surface area contributed by atoms with Gasteiger partial charge in [0.05, 0.1) is 25.1 Å². The average molecular weight is 283 g/mol. The summed E-state index contributed by atoms with van der Waals surface area (Å²) in [6.07, 6.45) is 2.86. The van der Waals surface area contributed by atoms with Gasteiger partial charge in [-0.25, -0.2) is 4.68 Å². The van der Waals surface area contributed by atoms with Gasteiger partial charge >= 0.3 is 0 Å². The molecule has 0 saturated carbocycles. The largest absolute Gasteiger partial charge is 0.494 e. The van der Waals surface area contributed by atoms with Crippen LogP contribution in [0.15, 0.2) is 53.3 Å². The maximum absolute atomic E-state index is 12.3. The lowest BCUT2D eigenvalue weighted by atomic mass is 10.2. The van der Waals surface area contributed by atoms with Crippen molar-refractivity contribution in [1.82, 2.24) is 9.78 Å². The van der Waals surface area contributed by atoms with Crippen LogP contribution in [0.5, 0.6) is 5.75 Å². The fourth-order valence-corrected chi connectivity index (χ4v) is 2.07. The van der Waals surface area contributed by atoms with Gasteiger partial charge in [0.25, 0.3) is 0 Å². The van der Waals surface area contributed by atoms with E-state index in [0.29, 0.717) is 11.4 Å². The number of hydrogen-bond acceptors (Lipinski definition) is 5. The molecule has 0 spiro atoms. The first-order valence-electron chi connectivity index (χ1n) is 6.27. The second-order valence-electron chi connectivity index (χ2n) is 4.33. The lowest BCUT2D eigenvalue weighted by Gasteiger charge is -2.09. The zero-order valence-electron chi connectivity index (χ0n) is 11.3. The van der Waals surface area contributed by atoms with Crippen LogP contribution in [0.2, 0.25) is 0 Å². The Morgan fingerprint density at radius 1 is 1.29 bits per heavy atom. The highest BCUT2D eigenvalue weighted by Gasteiger charge is 2.20. The molecule has 106 valence electrons. The highest BCUT2D eigenvalue weighted by Crippen LogP contribution is 2.26. The van der Waals surface area contributed by atoms with Gasteiger partial charge in [-0.3, -0.25) is 4.79 Å². The molecule has 0 bridgehead atoms. The van der Waals surface area contributed by atoms with Gasteiger partial charge in [-0.15, -0.1) is 0 Å². The Morgan fingerprint density at radius 2 is 2.10 bits per heavy atom. The minimum absolute atomic E-state index is 0.223.